The maximum Gasteiger partial charge on any atom is 0.418 e. The van der Waals surface area contributed by atoms with Crippen LogP contribution < -0.4 is 14.8 Å². The van der Waals surface area contributed by atoms with Gasteiger partial charge in [0.15, 0.2) is 5.60 Å². The first-order valence-electron chi connectivity index (χ1n) is 13.7. The van der Waals surface area contributed by atoms with E-state index < -0.39 is 29.2 Å². The summed E-state index contributed by atoms with van der Waals surface area (Å²) in [6, 6.07) is 22.8. The van der Waals surface area contributed by atoms with Crippen molar-refractivity contribution in [1.29, 1.82) is 0 Å². The van der Waals surface area contributed by atoms with Gasteiger partial charge in [-0.25, -0.2) is 4.79 Å². The molecule has 0 fully saturated rings. The lowest BCUT2D eigenvalue weighted by atomic mass is 10.1. The van der Waals surface area contributed by atoms with Crippen molar-refractivity contribution in [2.24, 2.45) is 0 Å². The van der Waals surface area contributed by atoms with Gasteiger partial charge in [-0.15, -0.1) is 0 Å². The minimum Gasteiger partial charge on any atom is -0.478 e. The van der Waals surface area contributed by atoms with E-state index in [1.807, 2.05) is 30.3 Å². The maximum absolute atomic E-state index is 14.1. The fraction of sp³-hybridized carbons (Fsp3) is 0.273. The number of carboxylic acid groups (broad SMARTS) is 1. The zero-order valence-electron chi connectivity index (χ0n) is 24.5. The van der Waals surface area contributed by atoms with E-state index in [1.165, 1.54) is 33.1 Å². The van der Waals surface area contributed by atoms with E-state index >= 15 is 0 Å². The van der Waals surface area contributed by atoms with E-state index in [4.69, 9.17) is 14.2 Å². The Morgan fingerprint density at radius 3 is 2.27 bits per heavy atom. The molecule has 232 valence electrons. The van der Waals surface area contributed by atoms with Crippen LogP contribution in [0.1, 0.15) is 25.0 Å². The van der Waals surface area contributed by atoms with Gasteiger partial charge < -0.3 is 24.6 Å². The molecule has 4 aromatic rings. The summed E-state index contributed by atoms with van der Waals surface area (Å²) in [5.41, 5.74) is -2.06. The molecule has 4 aromatic carbocycles. The Labute approximate surface area is 253 Å². The molecule has 0 atom stereocenters. The molecule has 44 heavy (non-hydrogen) atoms. The number of nitrogens with zero attached hydrogens (tertiary/aromatic N) is 1. The molecule has 8 nitrogen and oxygen atoms in total. The van der Waals surface area contributed by atoms with Crippen LogP contribution in [0.15, 0.2) is 84.9 Å². The van der Waals surface area contributed by atoms with Crippen molar-refractivity contribution in [3.63, 3.8) is 0 Å². The number of anilines is 1. The SMILES string of the molecule is COCCN(CC(=O)Nc1ccc(Oc2cccc3ccccc23)cc1C(F)(F)F)Cc1ccc(OC(C)(C)C(=O)O)cc1. The average molecular weight is 611 g/mol. The Hall–Kier alpha value is -4.61. The largest absolute Gasteiger partial charge is 0.478 e. The lowest BCUT2D eigenvalue weighted by Crippen LogP contribution is -2.37. The smallest absolute Gasteiger partial charge is 0.418 e. The predicted molar refractivity (Wildman–Crippen MR) is 160 cm³/mol. The van der Waals surface area contributed by atoms with Crippen LogP contribution in [0.3, 0.4) is 0 Å². The number of carbonyl (C=O) groups is 2. The average Bonchev–Trinajstić information content (AvgIpc) is 2.97. The second-order valence-corrected chi connectivity index (χ2v) is 10.6. The highest BCUT2D eigenvalue weighted by atomic mass is 19.4. The van der Waals surface area contributed by atoms with E-state index in [9.17, 15) is 27.9 Å². The van der Waals surface area contributed by atoms with Crippen molar-refractivity contribution in [3.8, 4) is 17.2 Å². The van der Waals surface area contributed by atoms with Crippen LogP contribution in [-0.4, -0.2) is 54.3 Å². The van der Waals surface area contributed by atoms with Crippen LogP contribution in [0.2, 0.25) is 0 Å². The molecule has 0 aromatic heterocycles. The van der Waals surface area contributed by atoms with Gasteiger partial charge in [0, 0.05) is 25.6 Å². The number of rotatable bonds is 13. The number of halogens is 3. The molecule has 0 unspecified atom stereocenters. The number of aliphatic carboxylic acids is 1. The number of fused-ring (bicyclic) bond motifs is 1. The number of alkyl halides is 3. The summed E-state index contributed by atoms with van der Waals surface area (Å²) in [5.74, 6) is -1.01. The number of methoxy groups -OCH3 is 1. The van der Waals surface area contributed by atoms with Gasteiger partial charge in [-0.2, -0.15) is 13.2 Å². The molecule has 0 bridgehead atoms. The van der Waals surface area contributed by atoms with Crippen molar-refractivity contribution < 1.29 is 42.1 Å². The topological polar surface area (TPSA) is 97.3 Å². The molecule has 2 N–H and O–H groups in total. The molecule has 0 spiro atoms. The van der Waals surface area contributed by atoms with Gasteiger partial charge in [-0.3, -0.25) is 9.69 Å². The number of ether oxygens (including phenoxy) is 3. The lowest BCUT2D eigenvalue weighted by Gasteiger charge is -2.23. The number of carbonyl (C=O) groups excluding carboxylic acids is 1. The number of carboxylic acids is 1. The first-order chi connectivity index (χ1) is 20.9. The van der Waals surface area contributed by atoms with E-state index in [2.05, 4.69) is 5.32 Å². The van der Waals surface area contributed by atoms with E-state index in [0.717, 1.165) is 22.4 Å². The molecule has 1 amide bonds. The van der Waals surface area contributed by atoms with Gasteiger partial charge in [0.1, 0.15) is 17.2 Å². The highest BCUT2D eigenvalue weighted by Crippen LogP contribution is 2.39. The summed E-state index contributed by atoms with van der Waals surface area (Å²) in [6.07, 6.45) is -4.75. The number of amides is 1. The first kappa shape index (κ1) is 32.3. The maximum atomic E-state index is 14.1. The fourth-order valence-electron chi connectivity index (χ4n) is 4.43. The highest BCUT2D eigenvalue weighted by molar-refractivity contribution is 5.93. The van der Waals surface area contributed by atoms with Crippen LogP contribution in [0.5, 0.6) is 17.2 Å². The normalized spacial score (nSPS) is 11.9. The summed E-state index contributed by atoms with van der Waals surface area (Å²) >= 11 is 0. The van der Waals surface area contributed by atoms with Gasteiger partial charge >= 0.3 is 12.1 Å². The van der Waals surface area contributed by atoms with Crippen molar-refractivity contribution in [2.75, 3.05) is 32.1 Å². The minimum absolute atomic E-state index is 0.0208. The molecule has 4 rings (SSSR count). The molecule has 0 saturated heterocycles. The van der Waals surface area contributed by atoms with Crippen molar-refractivity contribution in [3.05, 3.63) is 96.1 Å². The number of nitrogens with one attached hydrogen (secondary N) is 1. The monoisotopic (exact) mass is 610 g/mol. The van der Waals surface area contributed by atoms with Crippen LogP contribution in [0.25, 0.3) is 10.8 Å². The summed E-state index contributed by atoms with van der Waals surface area (Å²) in [6.45, 7) is 3.56. The molecule has 0 aliphatic carbocycles. The third-order valence-corrected chi connectivity index (χ3v) is 6.74. The molecule has 0 radical (unpaired) electrons. The molecule has 0 saturated carbocycles. The van der Waals surface area contributed by atoms with Crippen LogP contribution in [0.4, 0.5) is 18.9 Å². The van der Waals surface area contributed by atoms with Crippen molar-refractivity contribution >= 4 is 28.3 Å². The lowest BCUT2D eigenvalue weighted by molar-refractivity contribution is -0.152. The van der Waals surface area contributed by atoms with Crippen LogP contribution in [-0.2, 0) is 27.0 Å². The summed E-state index contributed by atoms with van der Waals surface area (Å²) in [7, 11) is 1.51. The van der Waals surface area contributed by atoms with E-state index in [-0.39, 0.29) is 31.1 Å². The molecule has 0 aliphatic heterocycles. The second kappa shape index (κ2) is 13.8. The molecular formula is C33H33F3N2O6. The van der Waals surface area contributed by atoms with Gasteiger partial charge in [-0.1, -0.05) is 48.5 Å². The summed E-state index contributed by atoms with van der Waals surface area (Å²) in [4.78, 5) is 26.0. The minimum atomic E-state index is -4.75. The highest BCUT2D eigenvalue weighted by Gasteiger charge is 2.35. The van der Waals surface area contributed by atoms with E-state index in [0.29, 0.717) is 18.0 Å². The second-order valence-electron chi connectivity index (χ2n) is 10.6. The quantitative estimate of drug-likeness (QED) is 0.169. The Balaban J connectivity index is 1.47. The summed E-state index contributed by atoms with van der Waals surface area (Å²) < 4.78 is 58.8. The summed E-state index contributed by atoms with van der Waals surface area (Å²) in [5, 5.41) is 13.3. The Morgan fingerprint density at radius 1 is 0.909 bits per heavy atom. The van der Waals surface area contributed by atoms with E-state index in [1.54, 1.807) is 41.3 Å². The first-order valence-corrected chi connectivity index (χ1v) is 13.7. The molecular weight excluding hydrogens is 577 g/mol. The Morgan fingerprint density at radius 2 is 1.59 bits per heavy atom. The third kappa shape index (κ3) is 8.48. The van der Waals surface area contributed by atoms with Gasteiger partial charge in [0.2, 0.25) is 5.91 Å². The predicted octanol–water partition coefficient (Wildman–Crippen LogP) is 6.98. The van der Waals surface area contributed by atoms with Crippen molar-refractivity contribution in [2.45, 2.75) is 32.2 Å². The third-order valence-electron chi connectivity index (χ3n) is 6.74. The number of hydrogen-bond donors (Lipinski definition) is 2. The Kier molecular flexibility index (Phi) is 10.1. The van der Waals surface area contributed by atoms with Gasteiger partial charge in [0.05, 0.1) is 24.4 Å². The van der Waals surface area contributed by atoms with Gasteiger partial charge in [0.25, 0.3) is 0 Å². The van der Waals surface area contributed by atoms with Crippen molar-refractivity contribution in [1.82, 2.24) is 4.90 Å². The zero-order chi connectivity index (χ0) is 31.9. The van der Waals surface area contributed by atoms with Gasteiger partial charge in [-0.05, 0) is 61.2 Å². The molecule has 0 heterocycles. The van der Waals surface area contributed by atoms with Crippen LogP contribution in [0, 0.1) is 0 Å². The zero-order valence-corrected chi connectivity index (χ0v) is 24.5. The van der Waals surface area contributed by atoms with Crippen LogP contribution >= 0.6 is 0 Å². The molecule has 11 heteroatoms. The fourth-order valence-corrected chi connectivity index (χ4v) is 4.43. The standard InChI is InChI=1S/C33H33F3N2O6/c1-32(2,31(40)41)44-24-13-11-22(12-14-24)20-38(17-18-42-3)21-30(39)37-28-16-15-25(19-27(28)33(34,35)36)43-29-10-6-8-23-7-4-5-9-26(23)29/h4-16,19H,17-18,20-21H2,1-3H3,(H,37,39)(H,40,41). The Bertz CT molecular complexity index is 1600. The number of hydrogen-bond acceptors (Lipinski definition) is 6. The number of benzene rings is 4. The molecule has 0 aliphatic rings.